The molecule has 82 valence electrons. The molecule has 0 radical (unpaired) electrons. The molecule has 0 saturated heterocycles. The maximum Gasteiger partial charge on any atom is 0.145 e. The van der Waals surface area contributed by atoms with Gasteiger partial charge in [-0.2, -0.15) is 0 Å². The van der Waals surface area contributed by atoms with Gasteiger partial charge in [0.25, 0.3) is 0 Å². The van der Waals surface area contributed by atoms with Crippen molar-refractivity contribution >= 4 is 17.4 Å². The third-order valence-electron chi connectivity index (χ3n) is 2.11. The molecule has 3 nitrogen and oxygen atoms in total. The highest BCUT2D eigenvalue weighted by atomic mass is 35.5. The van der Waals surface area contributed by atoms with Crippen molar-refractivity contribution in [1.82, 2.24) is 9.97 Å². The molecule has 2 N–H and O–H groups in total. The van der Waals surface area contributed by atoms with Gasteiger partial charge in [0.1, 0.15) is 17.5 Å². The number of hydrogen-bond acceptors (Lipinski definition) is 3. The topological polar surface area (TPSA) is 51.8 Å². The summed E-state index contributed by atoms with van der Waals surface area (Å²) in [6.45, 7) is 0. The molecule has 16 heavy (non-hydrogen) atoms. The number of halogens is 2. The van der Waals surface area contributed by atoms with Gasteiger partial charge in [-0.05, 0) is 17.7 Å². The Hall–Kier alpha value is -1.68. The lowest BCUT2D eigenvalue weighted by Crippen LogP contribution is -2.01. The summed E-state index contributed by atoms with van der Waals surface area (Å²) < 4.78 is 13.6. The minimum Gasteiger partial charge on any atom is -0.384 e. The van der Waals surface area contributed by atoms with Crippen molar-refractivity contribution in [3.8, 4) is 0 Å². The van der Waals surface area contributed by atoms with E-state index in [-0.39, 0.29) is 11.4 Å². The molecule has 5 heteroatoms. The van der Waals surface area contributed by atoms with E-state index in [2.05, 4.69) is 9.97 Å². The second-order valence-electron chi connectivity index (χ2n) is 3.29. The van der Waals surface area contributed by atoms with E-state index in [1.165, 1.54) is 6.07 Å². The Labute approximate surface area is 97.1 Å². The molecule has 2 rings (SSSR count). The van der Waals surface area contributed by atoms with E-state index < -0.39 is 5.82 Å². The quantitative estimate of drug-likeness (QED) is 0.873. The standard InChI is InChI=1S/C11H9ClFN3/c12-8-3-1-2-7(11(8)13)6-10-15-5-4-9(14)16-10/h1-5H,6H2,(H2,14,15,16). The van der Waals surface area contributed by atoms with Gasteiger partial charge in [0.15, 0.2) is 0 Å². The Kier molecular flexibility index (Phi) is 3.01. The predicted molar refractivity (Wildman–Crippen MR) is 60.7 cm³/mol. The lowest BCUT2D eigenvalue weighted by Gasteiger charge is -2.03. The van der Waals surface area contributed by atoms with Crippen molar-refractivity contribution in [2.24, 2.45) is 0 Å². The average molecular weight is 238 g/mol. The van der Waals surface area contributed by atoms with E-state index >= 15 is 0 Å². The lowest BCUT2D eigenvalue weighted by atomic mass is 10.1. The van der Waals surface area contributed by atoms with Crippen molar-refractivity contribution in [2.75, 3.05) is 5.73 Å². The predicted octanol–water partition coefficient (Wildman–Crippen LogP) is 2.44. The summed E-state index contributed by atoms with van der Waals surface area (Å²) in [6.07, 6.45) is 1.82. The fourth-order valence-electron chi connectivity index (χ4n) is 1.36. The lowest BCUT2D eigenvalue weighted by molar-refractivity contribution is 0.612. The molecule has 0 amide bonds. The summed E-state index contributed by atoms with van der Waals surface area (Å²) >= 11 is 5.67. The molecule has 0 unspecified atom stereocenters. The first-order valence-electron chi connectivity index (χ1n) is 4.67. The zero-order valence-electron chi connectivity index (χ0n) is 8.32. The summed E-state index contributed by atoms with van der Waals surface area (Å²) in [6, 6.07) is 6.42. The number of rotatable bonds is 2. The van der Waals surface area contributed by atoms with Crippen LogP contribution < -0.4 is 5.73 Å². The Balaban J connectivity index is 2.31. The minimum absolute atomic E-state index is 0.0985. The molecule has 1 heterocycles. The van der Waals surface area contributed by atoms with Crippen LogP contribution >= 0.6 is 11.6 Å². The molecular formula is C11H9ClFN3. The first-order chi connectivity index (χ1) is 7.66. The molecular weight excluding hydrogens is 229 g/mol. The van der Waals surface area contributed by atoms with Crippen LogP contribution in [-0.4, -0.2) is 9.97 Å². The molecule has 0 aliphatic heterocycles. The number of nitrogens with two attached hydrogens (primary N) is 1. The van der Waals surface area contributed by atoms with Gasteiger partial charge in [0, 0.05) is 12.6 Å². The van der Waals surface area contributed by atoms with Gasteiger partial charge in [-0.1, -0.05) is 23.7 Å². The van der Waals surface area contributed by atoms with E-state index in [4.69, 9.17) is 17.3 Å². The van der Waals surface area contributed by atoms with Crippen LogP contribution in [0.5, 0.6) is 0 Å². The molecule has 0 spiro atoms. The molecule has 1 aromatic carbocycles. The van der Waals surface area contributed by atoms with Crippen molar-refractivity contribution in [3.63, 3.8) is 0 Å². The molecule has 0 saturated carbocycles. The van der Waals surface area contributed by atoms with Gasteiger partial charge < -0.3 is 5.73 Å². The zero-order chi connectivity index (χ0) is 11.5. The van der Waals surface area contributed by atoms with E-state index in [1.54, 1.807) is 24.4 Å². The van der Waals surface area contributed by atoms with Gasteiger partial charge in [-0.25, -0.2) is 14.4 Å². The smallest absolute Gasteiger partial charge is 0.145 e. The highest BCUT2D eigenvalue weighted by Crippen LogP contribution is 2.19. The molecule has 1 aromatic heterocycles. The maximum absolute atomic E-state index is 13.6. The van der Waals surface area contributed by atoms with Crippen molar-refractivity contribution < 1.29 is 4.39 Å². The van der Waals surface area contributed by atoms with Crippen LogP contribution in [0.25, 0.3) is 0 Å². The van der Waals surface area contributed by atoms with Crippen LogP contribution in [0.4, 0.5) is 10.2 Å². The number of benzene rings is 1. The summed E-state index contributed by atoms with van der Waals surface area (Å²) in [4.78, 5) is 8.00. The first kappa shape index (κ1) is 10.8. The Morgan fingerprint density at radius 3 is 2.88 bits per heavy atom. The van der Waals surface area contributed by atoms with E-state index in [1.807, 2.05) is 0 Å². The molecule has 0 aliphatic rings. The summed E-state index contributed by atoms with van der Waals surface area (Å²) in [5, 5.41) is 0.0985. The van der Waals surface area contributed by atoms with Crippen LogP contribution in [-0.2, 0) is 6.42 Å². The van der Waals surface area contributed by atoms with Gasteiger partial charge in [-0.15, -0.1) is 0 Å². The highest BCUT2D eigenvalue weighted by Gasteiger charge is 2.08. The second kappa shape index (κ2) is 4.45. The van der Waals surface area contributed by atoms with E-state index in [0.29, 0.717) is 17.2 Å². The van der Waals surface area contributed by atoms with E-state index in [9.17, 15) is 4.39 Å². The fraction of sp³-hybridized carbons (Fsp3) is 0.0909. The van der Waals surface area contributed by atoms with Crippen molar-refractivity contribution in [1.29, 1.82) is 0 Å². The molecule has 2 aromatic rings. The van der Waals surface area contributed by atoms with Gasteiger partial charge >= 0.3 is 0 Å². The normalized spacial score (nSPS) is 10.4. The Morgan fingerprint density at radius 2 is 2.12 bits per heavy atom. The van der Waals surface area contributed by atoms with Crippen molar-refractivity contribution in [3.05, 3.63) is 52.7 Å². The van der Waals surface area contributed by atoms with Crippen molar-refractivity contribution in [2.45, 2.75) is 6.42 Å². The molecule has 0 atom stereocenters. The number of anilines is 1. The third-order valence-corrected chi connectivity index (χ3v) is 2.40. The summed E-state index contributed by atoms with van der Waals surface area (Å²) in [7, 11) is 0. The van der Waals surface area contributed by atoms with Gasteiger partial charge in [-0.3, -0.25) is 0 Å². The van der Waals surface area contributed by atoms with E-state index in [0.717, 1.165) is 0 Å². The second-order valence-corrected chi connectivity index (χ2v) is 3.69. The number of nitrogen functional groups attached to an aromatic ring is 1. The highest BCUT2D eigenvalue weighted by molar-refractivity contribution is 6.30. The van der Waals surface area contributed by atoms with Gasteiger partial charge in [0.05, 0.1) is 5.02 Å². The van der Waals surface area contributed by atoms with Gasteiger partial charge in [0.2, 0.25) is 0 Å². The minimum atomic E-state index is -0.435. The fourth-order valence-corrected chi connectivity index (χ4v) is 1.55. The maximum atomic E-state index is 13.6. The molecule has 0 bridgehead atoms. The Bertz CT molecular complexity index is 516. The molecule has 0 fully saturated rings. The van der Waals surface area contributed by atoms with Crippen LogP contribution in [0.15, 0.2) is 30.5 Å². The SMILES string of the molecule is Nc1ccnc(Cc2cccc(Cl)c2F)n1. The third kappa shape index (κ3) is 2.28. The summed E-state index contributed by atoms with van der Waals surface area (Å²) in [5.74, 6) is 0.406. The van der Waals surface area contributed by atoms with Crippen LogP contribution in [0.2, 0.25) is 5.02 Å². The largest absolute Gasteiger partial charge is 0.384 e. The van der Waals surface area contributed by atoms with Crippen LogP contribution in [0.1, 0.15) is 11.4 Å². The molecule has 0 aliphatic carbocycles. The first-order valence-corrected chi connectivity index (χ1v) is 5.05. The number of nitrogens with zero attached hydrogens (tertiary/aromatic N) is 2. The summed E-state index contributed by atoms with van der Waals surface area (Å²) in [5.41, 5.74) is 5.97. The number of hydrogen-bond donors (Lipinski definition) is 1. The Morgan fingerprint density at radius 1 is 1.31 bits per heavy atom. The monoisotopic (exact) mass is 237 g/mol. The average Bonchev–Trinajstić information content (AvgIpc) is 2.25. The van der Waals surface area contributed by atoms with Crippen LogP contribution in [0.3, 0.4) is 0 Å². The van der Waals surface area contributed by atoms with Crippen LogP contribution in [0, 0.1) is 5.82 Å². The number of aromatic nitrogens is 2. The zero-order valence-corrected chi connectivity index (χ0v) is 9.08.